The highest BCUT2D eigenvalue weighted by Crippen LogP contribution is 2.13. The van der Waals surface area contributed by atoms with E-state index in [1.54, 1.807) is 0 Å². The predicted molar refractivity (Wildman–Crippen MR) is 90.4 cm³/mol. The summed E-state index contributed by atoms with van der Waals surface area (Å²) in [6.45, 7) is 7.21. The maximum atomic E-state index is 11.8. The zero-order valence-electron chi connectivity index (χ0n) is 14.4. The number of urea groups is 1. The number of rotatable bonds is 8. The van der Waals surface area contributed by atoms with E-state index in [4.69, 9.17) is 4.74 Å². The molecule has 0 unspecified atom stereocenters. The molecule has 0 heterocycles. The number of nitrogens with one attached hydrogen (secondary N) is 2. The van der Waals surface area contributed by atoms with E-state index < -0.39 is 6.03 Å². The Morgan fingerprint density at radius 1 is 1.22 bits per heavy atom. The molecule has 0 aliphatic heterocycles. The fraction of sp³-hybridized carbons (Fsp3) is 0.529. The molecule has 0 spiro atoms. The van der Waals surface area contributed by atoms with Gasteiger partial charge in [-0.2, -0.15) is 0 Å². The van der Waals surface area contributed by atoms with E-state index in [1.165, 1.54) is 0 Å². The molecular formula is C17H27N3O3. The number of hydrogen-bond acceptors (Lipinski definition) is 4. The fourth-order valence-electron chi connectivity index (χ4n) is 2.00. The molecule has 128 valence electrons. The van der Waals surface area contributed by atoms with Crippen LogP contribution in [0.1, 0.15) is 32.8 Å². The van der Waals surface area contributed by atoms with Crippen molar-refractivity contribution in [2.24, 2.45) is 0 Å². The van der Waals surface area contributed by atoms with Crippen LogP contribution in [-0.4, -0.2) is 43.1 Å². The molecule has 0 aliphatic rings. The molecule has 23 heavy (non-hydrogen) atoms. The van der Waals surface area contributed by atoms with Gasteiger partial charge in [-0.15, -0.1) is 0 Å². The summed E-state index contributed by atoms with van der Waals surface area (Å²) < 4.78 is 5.39. The van der Waals surface area contributed by atoms with Crippen molar-refractivity contribution in [3.05, 3.63) is 29.8 Å². The van der Waals surface area contributed by atoms with Crippen LogP contribution in [0.15, 0.2) is 24.3 Å². The van der Waals surface area contributed by atoms with Crippen LogP contribution in [0.3, 0.4) is 0 Å². The lowest BCUT2D eigenvalue weighted by Gasteiger charge is -2.17. The first kappa shape index (κ1) is 19.0. The molecule has 6 heteroatoms. The number of nitrogens with zero attached hydrogens (tertiary/aromatic N) is 1. The minimum Gasteiger partial charge on any atom is -0.494 e. The molecule has 0 aromatic heterocycles. The van der Waals surface area contributed by atoms with E-state index in [-0.39, 0.29) is 18.5 Å². The second kappa shape index (κ2) is 9.84. The van der Waals surface area contributed by atoms with Crippen molar-refractivity contribution in [1.29, 1.82) is 0 Å². The molecule has 3 amide bonds. The van der Waals surface area contributed by atoms with Crippen molar-refractivity contribution >= 4 is 11.9 Å². The normalized spacial score (nSPS) is 11.9. The van der Waals surface area contributed by atoms with Gasteiger partial charge in [0.1, 0.15) is 5.75 Å². The van der Waals surface area contributed by atoms with Crippen molar-refractivity contribution in [2.45, 2.75) is 39.8 Å². The molecule has 2 N–H and O–H groups in total. The summed E-state index contributed by atoms with van der Waals surface area (Å²) in [7, 11) is 1.84. The van der Waals surface area contributed by atoms with E-state index >= 15 is 0 Å². The van der Waals surface area contributed by atoms with Crippen LogP contribution < -0.4 is 15.4 Å². The van der Waals surface area contributed by atoms with Gasteiger partial charge in [0, 0.05) is 12.6 Å². The average molecular weight is 321 g/mol. The van der Waals surface area contributed by atoms with Crippen LogP contribution in [0.2, 0.25) is 0 Å². The van der Waals surface area contributed by atoms with Crippen molar-refractivity contribution in [3.8, 4) is 5.75 Å². The summed E-state index contributed by atoms with van der Waals surface area (Å²) in [5, 5.41) is 5.04. The van der Waals surface area contributed by atoms with Gasteiger partial charge in [-0.25, -0.2) is 4.79 Å². The summed E-state index contributed by atoms with van der Waals surface area (Å²) >= 11 is 0. The lowest BCUT2D eigenvalue weighted by atomic mass is 10.2. The maximum Gasteiger partial charge on any atom is 0.321 e. The van der Waals surface area contributed by atoms with E-state index in [2.05, 4.69) is 10.6 Å². The van der Waals surface area contributed by atoms with Gasteiger partial charge in [0.25, 0.3) is 0 Å². The number of ether oxygens (including phenoxy) is 1. The summed E-state index contributed by atoms with van der Waals surface area (Å²) in [6.07, 6.45) is 0.819. The molecule has 0 saturated heterocycles. The van der Waals surface area contributed by atoms with Gasteiger partial charge < -0.3 is 10.1 Å². The molecule has 0 fully saturated rings. The van der Waals surface area contributed by atoms with Gasteiger partial charge in [-0.1, -0.05) is 19.1 Å². The van der Waals surface area contributed by atoms with Crippen molar-refractivity contribution in [1.82, 2.24) is 15.5 Å². The zero-order valence-corrected chi connectivity index (χ0v) is 14.4. The highest BCUT2D eigenvalue weighted by atomic mass is 16.5. The zero-order chi connectivity index (χ0) is 17.2. The van der Waals surface area contributed by atoms with E-state index in [0.29, 0.717) is 13.2 Å². The summed E-state index contributed by atoms with van der Waals surface area (Å²) in [6, 6.07) is 7.35. The summed E-state index contributed by atoms with van der Waals surface area (Å²) in [4.78, 5) is 25.3. The largest absolute Gasteiger partial charge is 0.494 e. The topological polar surface area (TPSA) is 70.7 Å². The third-order valence-corrected chi connectivity index (χ3v) is 3.34. The van der Waals surface area contributed by atoms with Gasteiger partial charge >= 0.3 is 6.03 Å². The second-order valence-corrected chi connectivity index (χ2v) is 5.58. The molecule has 1 atom stereocenters. The lowest BCUT2D eigenvalue weighted by Crippen LogP contribution is -2.46. The van der Waals surface area contributed by atoms with Crippen LogP contribution in [0, 0.1) is 0 Å². The van der Waals surface area contributed by atoms with Gasteiger partial charge in [0.05, 0.1) is 13.2 Å². The highest BCUT2D eigenvalue weighted by Gasteiger charge is 2.12. The second-order valence-electron chi connectivity index (χ2n) is 5.58. The van der Waals surface area contributed by atoms with Gasteiger partial charge in [-0.3, -0.25) is 15.0 Å². The lowest BCUT2D eigenvalue weighted by molar-refractivity contribution is -0.121. The Kier molecular flexibility index (Phi) is 8.11. The number of carbonyl (C=O) groups is 2. The number of carbonyl (C=O) groups excluding carboxylic acids is 2. The Morgan fingerprint density at radius 2 is 1.87 bits per heavy atom. The first-order valence-corrected chi connectivity index (χ1v) is 7.95. The van der Waals surface area contributed by atoms with E-state index in [0.717, 1.165) is 17.7 Å². The van der Waals surface area contributed by atoms with Crippen LogP contribution in [0.4, 0.5) is 4.79 Å². The van der Waals surface area contributed by atoms with Crippen molar-refractivity contribution in [2.75, 3.05) is 20.2 Å². The first-order chi connectivity index (χ1) is 10.9. The number of benzene rings is 1. The van der Waals surface area contributed by atoms with Gasteiger partial charge in [0.15, 0.2) is 0 Å². The van der Waals surface area contributed by atoms with Crippen molar-refractivity contribution < 1.29 is 14.3 Å². The minimum atomic E-state index is -0.446. The summed E-state index contributed by atoms with van der Waals surface area (Å²) in [5.74, 6) is 0.512. The SMILES string of the molecule is CCOc1ccc(CN(C)CC(=O)NC(=O)N[C@H](C)CC)cc1. The quantitative estimate of drug-likeness (QED) is 0.769. The third kappa shape index (κ3) is 7.65. The van der Waals surface area contributed by atoms with Crippen LogP contribution in [0.5, 0.6) is 5.75 Å². The predicted octanol–water partition coefficient (Wildman–Crippen LogP) is 2.14. The maximum absolute atomic E-state index is 11.8. The molecule has 6 nitrogen and oxygen atoms in total. The van der Waals surface area contributed by atoms with E-state index in [1.807, 2.05) is 57.0 Å². The van der Waals surface area contributed by atoms with Crippen molar-refractivity contribution in [3.63, 3.8) is 0 Å². The Balaban J connectivity index is 2.38. The first-order valence-electron chi connectivity index (χ1n) is 7.95. The van der Waals surface area contributed by atoms with Crippen LogP contribution in [0.25, 0.3) is 0 Å². The molecular weight excluding hydrogens is 294 g/mol. The molecule has 0 radical (unpaired) electrons. The summed E-state index contributed by atoms with van der Waals surface area (Å²) in [5.41, 5.74) is 1.08. The Hall–Kier alpha value is -2.08. The number of amides is 3. The Bertz CT molecular complexity index is 502. The molecule has 0 bridgehead atoms. The average Bonchev–Trinajstić information content (AvgIpc) is 2.48. The minimum absolute atomic E-state index is 0.0457. The number of likely N-dealkylation sites (N-methyl/N-ethyl adjacent to an activating group) is 1. The standard InChI is InChI=1S/C17H27N3O3/c1-5-13(3)18-17(22)19-16(21)12-20(4)11-14-7-9-15(10-8-14)23-6-2/h7-10,13H,5-6,11-12H2,1-4H3,(H2,18,19,21,22)/t13-/m1/s1. The monoisotopic (exact) mass is 321 g/mol. The Labute approximate surface area is 138 Å². The number of hydrogen-bond donors (Lipinski definition) is 2. The van der Waals surface area contributed by atoms with Crippen LogP contribution in [-0.2, 0) is 11.3 Å². The smallest absolute Gasteiger partial charge is 0.321 e. The van der Waals surface area contributed by atoms with Gasteiger partial charge in [0.2, 0.25) is 5.91 Å². The molecule has 0 saturated carbocycles. The van der Waals surface area contributed by atoms with Crippen LogP contribution >= 0.6 is 0 Å². The fourth-order valence-corrected chi connectivity index (χ4v) is 2.00. The van der Waals surface area contributed by atoms with E-state index in [9.17, 15) is 9.59 Å². The third-order valence-electron chi connectivity index (χ3n) is 3.34. The number of imide groups is 1. The molecule has 0 aliphatic carbocycles. The highest BCUT2D eigenvalue weighted by molar-refractivity contribution is 5.95. The molecule has 1 aromatic carbocycles. The Morgan fingerprint density at radius 3 is 2.43 bits per heavy atom. The molecule has 1 rings (SSSR count). The van der Waals surface area contributed by atoms with Gasteiger partial charge in [-0.05, 0) is 45.0 Å². The molecule has 1 aromatic rings.